The second kappa shape index (κ2) is 5.01. The second-order valence-electron chi connectivity index (χ2n) is 4.79. The Morgan fingerprint density at radius 1 is 1.45 bits per heavy atom. The smallest absolute Gasteiger partial charge is 0.304 e. The molecule has 106 valence electrons. The zero-order chi connectivity index (χ0) is 14.1. The Balaban J connectivity index is 1.74. The number of nitrogens with one attached hydrogen (secondary N) is 1. The molecule has 0 spiro atoms. The molecule has 0 bridgehead atoms. The molecule has 0 radical (unpaired) electrons. The number of benzene rings is 1. The average Bonchev–Trinajstić information content (AvgIpc) is 2.98. The number of H-pyrrole nitrogens is 1. The Labute approximate surface area is 115 Å². The van der Waals surface area contributed by atoms with E-state index in [9.17, 15) is 4.79 Å². The fourth-order valence-electron chi connectivity index (χ4n) is 2.15. The van der Waals surface area contributed by atoms with E-state index in [2.05, 4.69) is 9.97 Å². The molecule has 2 N–H and O–H groups in total. The van der Waals surface area contributed by atoms with Crippen LogP contribution in [0.5, 0.6) is 11.5 Å². The van der Waals surface area contributed by atoms with Crippen molar-refractivity contribution in [2.75, 3.05) is 20.4 Å². The highest BCUT2D eigenvalue weighted by molar-refractivity contribution is 5.80. The number of aromatic nitrogens is 2. The predicted octanol–water partition coefficient (Wildman–Crippen LogP) is 1.20. The van der Waals surface area contributed by atoms with Crippen molar-refractivity contribution in [2.24, 2.45) is 0 Å². The van der Waals surface area contributed by atoms with Crippen molar-refractivity contribution in [2.45, 2.75) is 13.0 Å². The number of imidazole rings is 1. The summed E-state index contributed by atoms with van der Waals surface area (Å²) >= 11 is 0. The van der Waals surface area contributed by atoms with Gasteiger partial charge in [0.1, 0.15) is 5.82 Å². The van der Waals surface area contributed by atoms with Crippen LogP contribution in [0.1, 0.15) is 12.2 Å². The molecule has 2 aromatic rings. The standard InChI is InChI=1S/C13H15N3O4/c1-16(3-2-13(17)18)6-12-14-8-4-10-11(20-7-19-10)5-9(8)15-12/h4-5H,2-3,6-7H2,1H3,(H,14,15)(H,17,18). The lowest BCUT2D eigenvalue weighted by Gasteiger charge is -2.12. The van der Waals surface area contributed by atoms with Gasteiger partial charge in [-0.05, 0) is 7.05 Å². The van der Waals surface area contributed by atoms with E-state index in [1.165, 1.54) is 0 Å². The van der Waals surface area contributed by atoms with Crippen molar-refractivity contribution in [1.29, 1.82) is 0 Å². The van der Waals surface area contributed by atoms with E-state index < -0.39 is 5.97 Å². The minimum absolute atomic E-state index is 0.118. The first-order chi connectivity index (χ1) is 9.61. The number of ether oxygens (including phenoxy) is 2. The van der Waals surface area contributed by atoms with E-state index in [4.69, 9.17) is 14.6 Å². The molecule has 1 aliphatic rings. The number of aromatic amines is 1. The first-order valence-electron chi connectivity index (χ1n) is 6.30. The molecule has 0 atom stereocenters. The van der Waals surface area contributed by atoms with Crippen LogP contribution in [-0.2, 0) is 11.3 Å². The molecule has 0 aliphatic carbocycles. The van der Waals surface area contributed by atoms with Gasteiger partial charge in [-0.1, -0.05) is 0 Å². The SMILES string of the molecule is CN(CCC(=O)O)Cc1nc2cc3c(cc2[nH]1)OCO3. The Morgan fingerprint density at radius 3 is 2.95 bits per heavy atom. The highest BCUT2D eigenvalue weighted by Crippen LogP contribution is 2.35. The van der Waals surface area contributed by atoms with E-state index in [1.54, 1.807) is 0 Å². The Hall–Kier alpha value is -2.28. The van der Waals surface area contributed by atoms with Crippen LogP contribution in [0.2, 0.25) is 0 Å². The zero-order valence-corrected chi connectivity index (χ0v) is 11.0. The third-order valence-corrected chi connectivity index (χ3v) is 3.15. The predicted molar refractivity (Wildman–Crippen MR) is 70.8 cm³/mol. The van der Waals surface area contributed by atoms with E-state index in [0.717, 1.165) is 16.9 Å². The summed E-state index contributed by atoms with van der Waals surface area (Å²) < 4.78 is 10.6. The maximum absolute atomic E-state index is 10.5. The topological polar surface area (TPSA) is 87.7 Å². The number of carboxylic acids is 1. The van der Waals surface area contributed by atoms with Gasteiger partial charge in [0.2, 0.25) is 6.79 Å². The minimum atomic E-state index is -0.799. The lowest BCUT2D eigenvalue weighted by atomic mass is 10.3. The number of rotatable bonds is 5. The number of nitrogens with zero attached hydrogens (tertiary/aromatic N) is 2. The first-order valence-corrected chi connectivity index (χ1v) is 6.30. The summed E-state index contributed by atoms with van der Waals surface area (Å²) in [6.07, 6.45) is 0.118. The molecule has 7 heteroatoms. The third-order valence-electron chi connectivity index (χ3n) is 3.15. The molecule has 0 amide bonds. The van der Waals surface area contributed by atoms with Gasteiger partial charge < -0.3 is 19.6 Å². The van der Waals surface area contributed by atoms with Crippen molar-refractivity contribution in [3.8, 4) is 11.5 Å². The van der Waals surface area contributed by atoms with Crippen molar-refractivity contribution in [3.63, 3.8) is 0 Å². The highest BCUT2D eigenvalue weighted by atomic mass is 16.7. The molecular weight excluding hydrogens is 262 g/mol. The van der Waals surface area contributed by atoms with Crippen molar-refractivity contribution in [3.05, 3.63) is 18.0 Å². The van der Waals surface area contributed by atoms with Crippen LogP contribution in [-0.4, -0.2) is 46.3 Å². The summed E-state index contributed by atoms with van der Waals surface area (Å²) in [7, 11) is 1.86. The van der Waals surface area contributed by atoms with Gasteiger partial charge in [-0.15, -0.1) is 0 Å². The van der Waals surface area contributed by atoms with Crippen LogP contribution in [0.25, 0.3) is 11.0 Å². The maximum Gasteiger partial charge on any atom is 0.304 e. The van der Waals surface area contributed by atoms with E-state index >= 15 is 0 Å². The Kier molecular flexibility index (Phi) is 3.19. The summed E-state index contributed by atoms with van der Waals surface area (Å²) in [5.74, 6) is 1.41. The molecule has 0 fully saturated rings. The lowest BCUT2D eigenvalue weighted by Crippen LogP contribution is -2.21. The Morgan fingerprint density at radius 2 is 2.20 bits per heavy atom. The Bertz CT molecular complexity index is 611. The molecular formula is C13H15N3O4. The monoisotopic (exact) mass is 277 g/mol. The minimum Gasteiger partial charge on any atom is -0.481 e. The number of fused-ring (bicyclic) bond motifs is 2. The van der Waals surface area contributed by atoms with Crippen molar-refractivity contribution < 1.29 is 19.4 Å². The van der Waals surface area contributed by atoms with Gasteiger partial charge in [0.15, 0.2) is 11.5 Å². The highest BCUT2D eigenvalue weighted by Gasteiger charge is 2.16. The molecule has 2 heterocycles. The van der Waals surface area contributed by atoms with Gasteiger partial charge in [0.05, 0.1) is 24.0 Å². The molecule has 7 nitrogen and oxygen atoms in total. The van der Waals surface area contributed by atoms with Crippen molar-refractivity contribution >= 4 is 17.0 Å². The summed E-state index contributed by atoms with van der Waals surface area (Å²) in [6, 6.07) is 3.71. The molecule has 1 aromatic heterocycles. The number of aliphatic carboxylic acids is 1. The van der Waals surface area contributed by atoms with Gasteiger partial charge in [0, 0.05) is 18.7 Å². The molecule has 1 aromatic carbocycles. The molecule has 0 unspecified atom stereocenters. The molecule has 3 rings (SSSR count). The third kappa shape index (κ3) is 2.53. The maximum atomic E-state index is 10.5. The van der Waals surface area contributed by atoms with E-state index in [0.29, 0.717) is 24.6 Å². The summed E-state index contributed by atoms with van der Waals surface area (Å²) in [5, 5.41) is 8.66. The summed E-state index contributed by atoms with van der Waals surface area (Å²) in [4.78, 5) is 20.1. The van der Waals surface area contributed by atoms with Crippen molar-refractivity contribution in [1.82, 2.24) is 14.9 Å². The van der Waals surface area contributed by atoms with Crippen LogP contribution in [0.15, 0.2) is 12.1 Å². The normalized spacial score (nSPS) is 13.3. The number of carbonyl (C=O) groups is 1. The van der Waals surface area contributed by atoms with Gasteiger partial charge in [0.25, 0.3) is 0 Å². The van der Waals surface area contributed by atoms with Crippen LogP contribution in [0.3, 0.4) is 0 Å². The van der Waals surface area contributed by atoms with Crippen LogP contribution >= 0.6 is 0 Å². The number of hydrogen-bond acceptors (Lipinski definition) is 5. The zero-order valence-electron chi connectivity index (χ0n) is 11.0. The molecule has 20 heavy (non-hydrogen) atoms. The van der Waals surface area contributed by atoms with Crippen LogP contribution < -0.4 is 9.47 Å². The van der Waals surface area contributed by atoms with E-state index in [1.807, 2.05) is 24.1 Å². The second-order valence-corrected chi connectivity index (χ2v) is 4.79. The van der Waals surface area contributed by atoms with Gasteiger partial charge in [-0.3, -0.25) is 9.69 Å². The molecule has 0 saturated heterocycles. The average molecular weight is 277 g/mol. The lowest BCUT2D eigenvalue weighted by molar-refractivity contribution is -0.137. The fraction of sp³-hybridized carbons (Fsp3) is 0.385. The van der Waals surface area contributed by atoms with Gasteiger partial charge >= 0.3 is 5.97 Å². The largest absolute Gasteiger partial charge is 0.481 e. The quantitative estimate of drug-likeness (QED) is 0.853. The van der Waals surface area contributed by atoms with Gasteiger partial charge in [-0.2, -0.15) is 0 Å². The van der Waals surface area contributed by atoms with Crippen LogP contribution in [0.4, 0.5) is 0 Å². The fourth-order valence-corrected chi connectivity index (χ4v) is 2.15. The summed E-state index contributed by atoms with van der Waals surface area (Å²) in [6.45, 7) is 1.29. The van der Waals surface area contributed by atoms with Gasteiger partial charge in [-0.25, -0.2) is 4.98 Å². The van der Waals surface area contributed by atoms with E-state index in [-0.39, 0.29) is 13.2 Å². The van der Waals surface area contributed by atoms with Crippen LogP contribution in [0, 0.1) is 0 Å². The summed E-state index contributed by atoms with van der Waals surface area (Å²) in [5.41, 5.74) is 1.70. The number of hydrogen-bond donors (Lipinski definition) is 2. The number of carboxylic acid groups (broad SMARTS) is 1. The molecule has 1 aliphatic heterocycles. The first kappa shape index (κ1) is 12.7. The molecule has 0 saturated carbocycles.